The second kappa shape index (κ2) is 6.10. The SMILES string of the molecule is Cc1cc(Cl)c(C(=O)NCC2(O)CCC(C)CC2)cn1. The van der Waals surface area contributed by atoms with E-state index >= 15 is 0 Å². The van der Waals surface area contributed by atoms with Crippen LogP contribution in [0.3, 0.4) is 0 Å². The third-order valence-corrected chi connectivity index (χ3v) is 4.33. The second-order valence-electron chi connectivity index (χ2n) is 5.90. The lowest BCUT2D eigenvalue weighted by molar-refractivity contribution is -0.00540. The Hall–Kier alpha value is -1.13. The first-order valence-electron chi connectivity index (χ1n) is 7.02. The van der Waals surface area contributed by atoms with Gasteiger partial charge in [0, 0.05) is 18.4 Å². The number of aliphatic hydroxyl groups is 1. The van der Waals surface area contributed by atoms with Crippen LogP contribution in [-0.2, 0) is 0 Å². The molecule has 2 N–H and O–H groups in total. The van der Waals surface area contributed by atoms with E-state index in [0.717, 1.165) is 31.4 Å². The van der Waals surface area contributed by atoms with Crippen molar-refractivity contribution in [1.29, 1.82) is 0 Å². The summed E-state index contributed by atoms with van der Waals surface area (Å²) >= 11 is 6.04. The zero-order chi connectivity index (χ0) is 14.8. The number of carbonyl (C=O) groups excluding carboxylic acids is 1. The molecule has 1 aromatic rings. The molecule has 1 heterocycles. The minimum atomic E-state index is -0.785. The fourth-order valence-electron chi connectivity index (χ4n) is 2.51. The zero-order valence-electron chi connectivity index (χ0n) is 11.9. The van der Waals surface area contributed by atoms with Gasteiger partial charge in [0.25, 0.3) is 5.91 Å². The Morgan fingerprint density at radius 1 is 1.55 bits per heavy atom. The summed E-state index contributed by atoms with van der Waals surface area (Å²) in [6, 6.07) is 1.66. The van der Waals surface area contributed by atoms with Gasteiger partial charge in [-0.25, -0.2) is 0 Å². The fourth-order valence-corrected chi connectivity index (χ4v) is 2.80. The van der Waals surface area contributed by atoms with Gasteiger partial charge in [0.15, 0.2) is 0 Å². The number of nitrogens with zero attached hydrogens (tertiary/aromatic N) is 1. The summed E-state index contributed by atoms with van der Waals surface area (Å²) in [6.45, 7) is 4.28. The maximum Gasteiger partial charge on any atom is 0.254 e. The molecular formula is C15H21ClN2O2. The number of rotatable bonds is 3. The van der Waals surface area contributed by atoms with Crippen LogP contribution >= 0.6 is 11.6 Å². The van der Waals surface area contributed by atoms with E-state index in [9.17, 15) is 9.90 Å². The van der Waals surface area contributed by atoms with Gasteiger partial charge in [0.2, 0.25) is 0 Å². The summed E-state index contributed by atoms with van der Waals surface area (Å²) in [5.74, 6) is 0.372. The maximum atomic E-state index is 12.1. The summed E-state index contributed by atoms with van der Waals surface area (Å²) in [5.41, 5.74) is 0.337. The molecule has 0 spiro atoms. The van der Waals surface area contributed by atoms with Crippen LogP contribution < -0.4 is 5.32 Å². The van der Waals surface area contributed by atoms with Crippen LogP contribution in [0.25, 0.3) is 0 Å². The summed E-state index contributed by atoms with van der Waals surface area (Å²) in [5, 5.41) is 13.6. The van der Waals surface area contributed by atoms with E-state index in [1.807, 2.05) is 6.92 Å². The molecule has 2 rings (SSSR count). The van der Waals surface area contributed by atoms with Crippen LogP contribution in [0.4, 0.5) is 0 Å². The highest BCUT2D eigenvalue weighted by molar-refractivity contribution is 6.33. The molecule has 1 saturated carbocycles. The first kappa shape index (κ1) is 15.3. The van der Waals surface area contributed by atoms with Crippen LogP contribution in [0.1, 0.15) is 48.7 Å². The first-order chi connectivity index (χ1) is 9.39. The largest absolute Gasteiger partial charge is 0.388 e. The van der Waals surface area contributed by atoms with Crippen LogP contribution in [0.5, 0.6) is 0 Å². The van der Waals surface area contributed by atoms with Gasteiger partial charge in [-0.05, 0) is 44.6 Å². The Balaban J connectivity index is 1.95. The normalized spacial score (nSPS) is 26.3. The lowest BCUT2D eigenvalue weighted by Gasteiger charge is -2.34. The number of hydrogen-bond acceptors (Lipinski definition) is 3. The van der Waals surface area contributed by atoms with Gasteiger partial charge in [0.1, 0.15) is 0 Å². The molecule has 0 radical (unpaired) electrons. The third-order valence-electron chi connectivity index (χ3n) is 4.02. The second-order valence-corrected chi connectivity index (χ2v) is 6.30. The van der Waals surface area contributed by atoms with Gasteiger partial charge in [-0.1, -0.05) is 18.5 Å². The fraction of sp³-hybridized carbons (Fsp3) is 0.600. The Labute approximate surface area is 124 Å². The van der Waals surface area contributed by atoms with E-state index in [1.54, 1.807) is 6.07 Å². The van der Waals surface area contributed by atoms with Crippen molar-refractivity contribution < 1.29 is 9.90 Å². The van der Waals surface area contributed by atoms with Crippen molar-refractivity contribution in [2.45, 2.75) is 45.1 Å². The number of aromatic nitrogens is 1. The van der Waals surface area contributed by atoms with Crippen molar-refractivity contribution in [3.05, 3.63) is 28.5 Å². The van der Waals surface area contributed by atoms with E-state index in [0.29, 0.717) is 16.5 Å². The lowest BCUT2D eigenvalue weighted by Crippen LogP contribution is -2.45. The third kappa shape index (κ3) is 3.70. The maximum absolute atomic E-state index is 12.1. The monoisotopic (exact) mass is 296 g/mol. The van der Waals surface area contributed by atoms with Crippen LogP contribution in [0.15, 0.2) is 12.3 Å². The highest BCUT2D eigenvalue weighted by Crippen LogP contribution is 2.31. The molecule has 0 aliphatic heterocycles. The van der Waals surface area contributed by atoms with Gasteiger partial charge in [0.05, 0.1) is 16.2 Å². The molecule has 0 unspecified atom stereocenters. The molecule has 1 aromatic heterocycles. The van der Waals surface area contributed by atoms with Gasteiger partial charge < -0.3 is 10.4 Å². The average molecular weight is 297 g/mol. The number of pyridine rings is 1. The molecule has 0 atom stereocenters. The quantitative estimate of drug-likeness (QED) is 0.901. The summed E-state index contributed by atoms with van der Waals surface area (Å²) < 4.78 is 0. The Morgan fingerprint density at radius 3 is 2.80 bits per heavy atom. The summed E-state index contributed by atoms with van der Waals surface area (Å²) in [6.07, 6.45) is 4.93. The topological polar surface area (TPSA) is 62.2 Å². The number of carbonyl (C=O) groups is 1. The van der Waals surface area contributed by atoms with Crippen molar-refractivity contribution >= 4 is 17.5 Å². The van der Waals surface area contributed by atoms with E-state index < -0.39 is 5.60 Å². The molecule has 1 aliphatic carbocycles. The molecule has 4 nitrogen and oxygen atoms in total. The van der Waals surface area contributed by atoms with Crippen LogP contribution in [0.2, 0.25) is 5.02 Å². The van der Waals surface area contributed by atoms with E-state index in [1.165, 1.54) is 6.20 Å². The number of halogens is 1. The van der Waals surface area contributed by atoms with E-state index in [4.69, 9.17) is 11.6 Å². The van der Waals surface area contributed by atoms with Gasteiger partial charge in [-0.15, -0.1) is 0 Å². The van der Waals surface area contributed by atoms with Crippen LogP contribution in [0, 0.1) is 12.8 Å². The standard InChI is InChI=1S/C15H21ClN2O2/c1-10-3-5-15(20,6-4-10)9-18-14(19)12-8-17-11(2)7-13(12)16/h7-8,10,20H,3-6,9H2,1-2H3,(H,18,19). The Kier molecular flexibility index (Phi) is 4.66. The number of aryl methyl sites for hydroxylation is 1. The van der Waals surface area contributed by atoms with Crippen LogP contribution in [-0.4, -0.2) is 28.1 Å². The van der Waals surface area contributed by atoms with Crippen molar-refractivity contribution in [1.82, 2.24) is 10.3 Å². The highest BCUT2D eigenvalue weighted by Gasteiger charge is 2.32. The Bertz CT molecular complexity index is 497. The number of hydrogen-bond donors (Lipinski definition) is 2. The van der Waals surface area contributed by atoms with Crippen molar-refractivity contribution in [3.8, 4) is 0 Å². The zero-order valence-corrected chi connectivity index (χ0v) is 12.7. The minimum absolute atomic E-state index is 0.267. The van der Waals surface area contributed by atoms with E-state index in [-0.39, 0.29) is 12.5 Å². The molecular weight excluding hydrogens is 276 g/mol. The predicted octanol–water partition coefficient (Wildman–Crippen LogP) is 2.71. The molecule has 1 aliphatic rings. The summed E-state index contributed by atoms with van der Waals surface area (Å²) in [7, 11) is 0. The van der Waals surface area contributed by atoms with Crippen molar-refractivity contribution in [2.24, 2.45) is 5.92 Å². The molecule has 1 amide bonds. The molecule has 0 bridgehead atoms. The van der Waals surface area contributed by atoms with Gasteiger partial charge in [-0.3, -0.25) is 9.78 Å². The number of nitrogens with one attached hydrogen (secondary N) is 1. The molecule has 5 heteroatoms. The van der Waals surface area contributed by atoms with E-state index in [2.05, 4.69) is 17.2 Å². The van der Waals surface area contributed by atoms with Crippen molar-refractivity contribution in [3.63, 3.8) is 0 Å². The lowest BCUT2D eigenvalue weighted by atomic mass is 9.79. The molecule has 0 saturated heterocycles. The highest BCUT2D eigenvalue weighted by atomic mass is 35.5. The summed E-state index contributed by atoms with van der Waals surface area (Å²) in [4.78, 5) is 16.2. The first-order valence-corrected chi connectivity index (χ1v) is 7.40. The average Bonchev–Trinajstić information content (AvgIpc) is 2.40. The van der Waals surface area contributed by atoms with Gasteiger partial charge in [-0.2, -0.15) is 0 Å². The molecule has 1 fully saturated rings. The van der Waals surface area contributed by atoms with Gasteiger partial charge >= 0.3 is 0 Å². The molecule has 110 valence electrons. The number of amides is 1. The smallest absolute Gasteiger partial charge is 0.254 e. The minimum Gasteiger partial charge on any atom is -0.388 e. The van der Waals surface area contributed by atoms with Crippen molar-refractivity contribution in [2.75, 3.05) is 6.54 Å². The molecule has 20 heavy (non-hydrogen) atoms. The Morgan fingerprint density at radius 2 is 2.20 bits per heavy atom. The molecule has 0 aromatic carbocycles. The predicted molar refractivity (Wildman–Crippen MR) is 78.9 cm³/mol.